The molecule has 0 spiro atoms. The van der Waals surface area contributed by atoms with Crippen LogP contribution in [0, 0.1) is 22.9 Å². The molecule has 0 aromatic heterocycles. The molecule has 1 N–H and O–H groups in total. The molecule has 26 heavy (non-hydrogen) atoms. The second-order valence-corrected chi connectivity index (χ2v) is 6.05. The zero-order chi connectivity index (χ0) is 18.8. The monoisotopic (exact) mass is 360 g/mol. The Labute approximate surface area is 148 Å². The predicted octanol–water partition coefficient (Wildman–Crippen LogP) is 2.96. The minimum absolute atomic E-state index is 0.130. The van der Waals surface area contributed by atoms with Crippen molar-refractivity contribution < 1.29 is 24.0 Å². The third-order valence-electron chi connectivity index (χ3n) is 4.35. The van der Waals surface area contributed by atoms with E-state index in [0.717, 1.165) is 11.6 Å². The molecule has 0 unspecified atom stereocenters. The molecule has 136 valence electrons. The van der Waals surface area contributed by atoms with Crippen molar-refractivity contribution in [1.82, 2.24) is 4.90 Å². The maximum atomic E-state index is 13.5. The van der Waals surface area contributed by atoms with Crippen molar-refractivity contribution in [3.8, 4) is 5.75 Å². The fourth-order valence-corrected chi connectivity index (χ4v) is 2.93. The van der Waals surface area contributed by atoms with E-state index in [1.54, 1.807) is 19.1 Å². The van der Waals surface area contributed by atoms with E-state index in [-0.39, 0.29) is 31.1 Å². The summed E-state index contributed by atoms with van der Waals surface area (Å²) in [5.41, 5.74) is 0.570. The largest absolute Gasteiger partial charge is 0.502 e. The van der Waals surface area contributed by atoms with Crippen molar-refractivity contribution in [2.24, 2.45) is 0 Å². The summed E-state index contributed by atoms with van der Waals surface area (Å²) in [6.07, 6.45) is -0.437. The van der Waals surface area contributed by atoms with Gasteiger partial charge < -0.3 is 14.7 Å². The van der Waals surface area contributed by atoms with Gasteiger partial charge in [0.15, 0.2) is 0 Å². The van der Waals surface area contributed by atoms with Crippen molar-refractivity contribution in [3.05, 3.63) is 69.0 Å². The molecular formula is C18H17FN2O5. The van der Waals surface area contributed by atoms with Gasteiger partial charge in [0.1, 0.15) is 11.9 Å². The quantitative estimate of drug-likeness (QED) is 0.671. The lowest BCUT2D eigenvalue weighted by atomic mass is 10.0. The number of carbonyl (C=O) groups excluding carboxylic acids is 1. The van der Waals surface area contributed by atoms with Crippen molar-refractivity contribution >= 4 is 11.6 Å². The average Bonchev–Trinajstić information content (AvgIpc) is 2.63. The number of ether oxygens (including phenoxy) is 1. The molecule has 1 aliphatic rings. The summed E-state index contributed by atoms with van der Waals surface area (Å²) >= 11 is 0. The Morgan fingerprint density at radius 1 is 1.38 bits per heavy atom. The minimum atomic E-state index is -0.741. The number of amides is 1. The molecule has 8 heteroatoms. The summed E-state index contributed by atoms with van der Waals surface area (Å²) in [5.74, 6) is -1.49. The molecule has 1 atom stereocenters. The Kier molecular flexibility index (Phi) is 4.85. The number of nitro groups is 1. The number of phenolic OH excluding ortho intramolecular Hbond substituents is 1. The zero-order valence-electron chi connectivity index (χ0n) is 14.0. The van der Waals surface area contributed by atoms with E-state index in [0.29, 0.717) is 5.56 Å². The van der Waals surface area contributed by atoms with Crippen LogP contribution < -0.4 is 0 Å². The molecule has 0 bridgehead atoms. The van der Waals surface area contributed by atoms with E-state index in [4.69, 9.17) is 4.74 Å². The number of nitrogens with zero attached hydrogens (tertiary/aromatic N) is 2. The highest BCUT2D eigenvalue weighted by atomic mass is 19.1. The summed E-state index contributed by atoms with van der Waals surface area (Å²) in [6, 6.07) is 8.45. The molecule has 1 amide bonds. The zero-order valence-corrected chi connectivity index (χ0v) is 14.0. The van der Waals surface area contributed by atoms with Crippen molar-refractivity contribution in [3.63, 3.8) is 0 Å². The number of morpholine rings is 1. The molecule has 1 heterocycles. The van der Waals surface area contributed by atoms with Crippen LogP contribution in [0.4, 0.5) is 10.1 Å². The van der Waals surface area contributed by atoms with Crippen LogP contribution in [0.5, 0.6) is 5.75 Å². The van der Waals surface area contributed by atoms with Gasteiger partial charge in [-0.3, -0.25) is 14.9 Å². The molecule has 2 aromatic carbocycles. The Hall–Kier alpha value is -3.00. The molecule has 0 aliphatic carbocycles. The van der Waals surface area contributed by atoms with Gasteiger partial charge in [-0.15, -0.1) is 0 Å². The normalized spacial score (nSPS) is 17.2. The van der Waals surface area contributed by atoms with Gasteiger partial charge >= 0.3 is 5.69 Å². The van der Waals surface area contributed by atoms with Crippen LogP contribution >= 0.6 is 0 Å². The fraction of sp³-hybridized carbons (Fsp3) is 0.278. The van der Waals surface area contributed by atoms with E-state index < -0.39 is 28.4 Å². The van der Waals surface area contributed by atoms with Crippen LogP contribution in [0.25, 0.3) is 0 Å². The lowest BCUT2D eigenvalue weighted by molar-refractivity contribution is -0.385. The molecule has 1 fully saturated rings. The molecule has 1 saturated heterocycles. The number of aryl methyl sites for hydroxylation is 1. The molecule has 7 nitrogen and oxygen atoms in total. The number of para-hydroxylation sites is 1. The third-order valence-corrected chi connectivity index (χ3v) is 4.35. The number of carbonyl (C=O) groups is 1. The van der Waals surface area contributed by atoms with E-state index in [1.165, 1.54) is 23.1 Å². The number of nitro benzene ring substituents is 1. The van der Waals surface area contributed by atoms with E-state index >= 15 is 0 Å². The van der Waals surface area contributed by atoms with Crippen LogP contribution in [0.1, 0.15) is 27.6 Å². The predicted molar refractivity (Wildman–Crippen MR) is 90.5 cm³/mol. The SMILES string of the molecule is Cc1cc([C@H]2CN(C(=O)c3cccc([N+](=O)[O-])c3O)CCO2)ccc1F. The standard InChI is InChI=1S/C18H17FN2O5/c1-11-9-12(5-6-14(11)19)16-10-20(7-8-26-16)18(23)13-3-2-4-15(17(13)22)21(24)25/h2-6,9,16,22H,7-8,10H2,1H3/t16-/m1/s1. The summed E-state index contributed by atoms with van der Waals surface area (Å²) in [4.78, 5) is 24.4. The highest BCUT2D eigenvalue weighted by Gasteiger charge is 2.29. The number of hydrogen-bond acceptors (Lipinski definition) is 5. The Bertz CT molecular complexity index is 871. The first-order valence-corrected chi connectivity index (χ1v) is 8.01. The summed E-state index contributed by atoms with van der Waals surface area (Å²) < 4.78 is 19.1. The maximum Gasteiger partial charge on any atom is 0.311 e. The Morgan fingerprint density at radius 2 is 2.15 bits per heavy atom. The highest BCUT2D eigenvalue weighted by molar-refractivity contribution is 5.98. The van der Waals surface area contributed by atoms with E-state index in [9.17, 15) is 24.4 Å². The van der Waals surface area contributed by atoms with Crippen molar-refractivity contribution in [1.29, 1.82) is 0 Å². The summed E-state index contributed by atoms with van der Waals surface area (Å²) in [5, 5.41) is 21.0. The molecule has 1 aliphatic heterocycles. The summed E-state index contributed by atoms with van der Waals surface area (Å²) in [6.45, 7) is 2.40. The fourth-order valence-electron chi connectivity index (χ4n) is 2.93. The van der Waals surface area contributed by atoms with E-state index in [2.05, 4.69) is 0 Å². The van der Waals surface area contributed by atoms with Crippen molar-refractivity contribution in [2.45, 2.75) is 13.0 Å². The second kappa shape index (κ2) is 7.09. The Balaban J connectivity index is 1.83. The van der Waals surface area contributed by atoms with E-state index in [1.807, 2.05) is 0 Å². The van der Waals surface area contributed by atoms with Gasteiger partial charge in [-0.05, 0) is 30.2 Å². The first-order valence-electron chi connectivity index (χ1n) is 8.01. The molecule has 0 radical (unpaired) electrons. The molecule has 0 saturated carbocycles. The van der Waals surface area contributed by atoms with Crippen LogP contribution in [-0.4, -0.2) is 40.5 Å². The molecule has 3 rings (SSSR count). The van der Waals surface area contributed by atoms with Crippen LogP contribution in [0.15, 0.2) is 36.4 Å². The van der Waals surface area contributed by atoms with Crippen LogP contribution in [-0.2, 0) is 4.74 Å². The van der Waals surface area contributed by atoms with Gasteiger partial charge in [-0.25, -0.2) is 4.39 Å². The number of hydrogen-bond donors (Lipinski definition) is 1. The number of halogens is 1. The van der Waals surface area contributed by atoms with Gasteiger partial charge in [-0.2, -0.15) is 0 Å². The number of phenols is 1. The number of benzene rings is 2. The maximum absolute atomic E-state index is 13.5. The third kappa shape index (κ3) is 3.36. The van der Waals surface area contributed by atoms with Crippen molar-refractivity contribution in [2.75, 3.05) is 19.7 Å². The summed E-state index contributed by atoms with van der Waals surface area (Å²) in [7, 11) is 0. The first kappa shape index (κ1) is 17.8. The average molecular weight is 360 g/mol. The highest BCUT2D eigenvalue weighted by Crippen LogP contribution is 2.31. The molecular weight excluding hydrogens is 343 g/mol. The first-order chi connectivity index (χ1) is 12.4. The van der Waals surface area contributed by atoms with Crippen LogP contribution in [0.3, 0.4) is 0 Å². The lowest BCUT2D eigenvalue weighted by Crippen LogP contribution is -2.42. The minimum Gasteiger partial charge on any atom is -0.502 e. The van der Waals surface area contributed by atoms with Gasteiger partial charge in [0.2, 0.25) is 5.75 Å². The number of rotatable bonds is 3. The topological polar surface area (TPSA) is 92.9 Å². The van der Waals surface area contributed by atoms with Crippen LogP contribution in [0.2, 0.25) is 0 Å². The van der Waals surface area contributed by atoms with Gasteiger partial charge in [-0.1, -0.05) is 18.2 Å². The smallest absolute Gasteiger partial charge is 0.311 e. The second-order valence-electron chi connectivity index (χ2n) is 6.05. The molecule has 2 aromatic rings. The Morgan fingerprint density at radius 3 is 2.85 bits per heavy atom. The van der Waals surface area contributed by atoms with Gasteiger partial charge in [0, 0.05) is 12.6 Å². The number of aromatic hydroxyl groups is 1. The van der Waals surface area contributed by atoms with Gasteiger partial charge in [0.05, 0.1) is 23.6 Å². The lowest BCUT2D eigenvalue weighted by Gasteiger charge is -2.33. The van der Waals surface area contributed by atoms with Gasteiger partial charge in [0.25, 0.3) is 5.91 Å².